The number of amides is 2. The zero-order valence-corrected chi connectivity index (χ0v) is 17.2. The SMILES string of the molecule is CN(C)[C@]1(c2cccc(F)c2)C[C@@]2(CN(CC3(F)COC3)C(=O)N2CC2CC2)C1. The molecular formula is C22H29F2N3O2. The van der Waals surface area contributed by atoms with Crippen LogP contribution in [0, 0.1) is 11.7 Å². The van der Waals surface area contributed by atoms with Crippen molar-refractivity contribution >= 4 is 6.03 Å². The molecule has 0 unspecified atom stereocenters. The van der Waals surface area contributed by atoms with Crippen molar-refractivity contribution in [3.8, 4) is 0 Å². The first-order chi connectivity index (χ1) is 13.8. The zero-order valence-electron chi connectivity index (χ0n) is 17.2. The second-order valence-electron chi connectivity index (χ2n) is 9.85. The van der Waals surface area contributed by atoms with Crippen molar-refractivity contribution in [2.75, 3.05) is 46.9 Å². The summed E-state index contributed by atoms with van der Waals surface area (Å²) in [5.41, 5.74) is -1.10. The van der Waals surface area contributed by atoms with Gasteiger partial charge in [0, 0.05) is 13.1 Å². The Hall–Kier alpha value is -1.73. The average molecular weight is 405 g/mol. The maximum atomic E-state index is 14.7. The minimum Gasteiger partial charge on any atom is -0.374 e. The van der Waals surface area contributed by atoms with Crippen LogP contribution < -0.4 is 0 Å². The van der Waals surface area contributed by atoms with Gasteiger partial charge in [-0.2, -0.15) is 0 Å². The number of benzene rings is 1. The Morgan fingerprint density at radius 3 is 2.52 bits per heavy atom. The number of alkyl halides is 1. The first kappa shape index (κ1) is 19.2. The summed E-state index contributed by atoms with van der Waals surface area (Å²) in [5, 5.41) is 0. The van der Waals surface area contributed by atoms with Crippen LogP contribution in [-0.4, -0.2) is 78.9 Å². The Bertz CT molecular complexity index is 816. The Balaban J connectivity index is 1.42. The monoisotopic (exact) mass is 405 g/mol. The number of nitrogens with zero attached hydrogens (tertiary/aromatic N) is 3. The van der Waals surface area contributed by atoms with Crippen LogP contribution >= 0.6 is 0 Å². The molecule has 0 atom stereocenters. The smallest absolute Gasteiger partial charge is 0.320 e. The number of ether oxygens (including phenoxy) is 1. The number of halogens is 2. The highest BCUT2D eigenvalue weighted by atomic mass is 19.1. The largest absolute Gasteiger partial charge is 0.374 e. The number of carbonyl (C=O) groups is 1. The van der Waals surface area contributed by atoms with E-state index in [9.17, 15) is 13.6 Å². The van der Waals surface area contributed by atoms with E-state index in [2.05, 4.69) is 4.90 Å². The minimum atomic E-state index is -1.42. The predicted molar refractivity (Wildman–Crippen MR) is 105 cm³/mol. The molecule has 1 aromatic rings. The molecule has 4 aliphatic rings. The molecule has 2 aliphatic heterocycles. The summed E-state index contributed by atoms with van der Waals surface area (Å²) in [6.07, 6.45) is 3.79. The van der Waals surface area contributed by atoms with Crippen LogP contribution in [0.25, 0.3) is 0 Å². The molecule has 4 fully saturated rings. The maximum Gasteiger partial charge on any atom is 0.320 e. The molecule has 7 heteroatoms. The molecule has 2 heterocycles. The second-order valence-corrected chi connectivity index (χ2v) is 9.85. The van der Waals surface area contributed by atoms with Crippen molar-refractivity contribution in [3.63, 3.8) is 0 Å². The lowest BCUT2D eigenvalue weighted by Gasteiger charge is -2.60. The van der Waals surface area contributed by atoms with Crippen molar-refractivity contribution in [2.45, 2.75) is 42.4 Å². The van der Waals surface area contributed by atoms with Crippen LogP contribution in [0.3, 0.4) is 0 Å². The molecule has 0 aromatic heterocycles. The number of urea groups is 1. The average Bonchev–Trinajstić information content (AvgIpc) is 3.39. The lowest BCUT2D eigenvalue weighted by molar-refractivity contribution is -0.137. The third-order valence-electron chi connectivity index (χ3n) is 7.35. The van der Waals surface area contributed by atoms with E-state index in [0.717, 1.165) is 37.8 Å². The lowest BCUT2D eigenvalue weighted by atomic mass is 9.58. The van der Waals surface area contributed by atoms with Crippen LogP contribution in [0.5, 0.6) is 0 Å². The van der Waals surface area contributed by atoms with Crippen LogP contribution in [0.4, 0.5) is 13.6 Å². The summed E-state index contributed by atoms with van der Waals surface area (Å²) in [6.45, 7) is 1.52. The number of carbonyl (C=O) groups excluding carboxylic acids is 1. The van der Waals surface area contributed by atoms with Crippen molar-refractivity contribution in [1.29, 1.82) is 0 Å². The molecular weight excluding hydrogens is 376 g/mol. The standard InChI is InChI=1S/C22H29F2N3O2/c1-25(2)22(17-4-3-5-18(23)8-17)10-21(11-22)13-26(12-20(24)14-29-15-20)19(28)27(21)9-16-6-7-16/h3-5,8,16H,6-7,9-15H2,1-2H3/t21-,22+. The van der Waals surface area contributed by atoms with Crippen LogP contribution in [0.15, 0.2) is 24.3 Å². The van der Waals surface area contributed by atoms with Gasteiger partial charge in [-0.05, 0) is 63.4 Å². The molecule has 29 heavy (non-hydrogen) atoms. The van der Waals surface area contributed by atoms with Crippen LogP contribution in [0.1, 0.15) is 31.2 Å². The molecule has 2 saturated heterocycles. The summed E-state index contributed by atoms with van der Waals surface area (Å²) in [5.74, 6) is 0.318. The molecule has 5 nitrogen and oxygen atoms in total. The molecule has 0 radical (unpaired) electrons. The summed E-state index contributed by atoms with van der Waals surface area (Å²) in [7, 11) is 4.03. The van der Waals surface area contributed by atoms with Gasteiger partial charge in [-0.15, -0.1) is 0 Å². The highest BCUT2D eigenvalue weighted by molar-refractivity contribution is 5.79. The molecule has 2 saturated carbocycles. The normalized spacial score (nSPS) is 33.3. The molecule has 1 spiro atoms. The Morgan fingerprint density at radius 2 is 1.97 bits per heavy atom. The van der Waals surface area contributed by atoms with Crippen molar-refractivity contribution in [1.82, 2.24) is 14.7 Å². The Morgan fingerprint density at radius 1 is 1.24 bits per heavy atom. The van der Waals surface area contributed by atoms with Gasteiger partial charge in [-0.1, -0.05) is 12.1 Å². The first-order valence-corrected chi connectivity index (χ1v) is 10.5. The van der Waals surface area contributed by atoms with Gasteiger partial charge in [0.25, 0.3) is 0 Å². The molecule has 1 aromatic carbocycles. The van der Waals surface area contributed by atoms with Gasteiger partial charge in [0.2, 0.25) is 0 Å². The van der Waals surface area contributed by atoms with E-state index in [1.165, 1.54) is 6.07 Å². The van der Waals surface area contributed by atoms with Gasteiger partial charge in [-0.25, -0.2) is 13.6 Å². The van der Waals surface area contributed by atoms with Crippen LogP contribution in [0.2, 0.25) is 0 Å². The van der Waals surface area contributed by atoms with Gasteiger partial charge in [0.1, 0.15) is 5.82 Å². The van der Waals surface area contributed by atoms with Gasteiger partial charge in [-0.3, -0.25) is 4.90 Å². The molecule has 2 amide bonds. The topological polar surface area (TPSA) is 36.0 Å². The summed E-state index contributed by atoms with van der Waals surface area (Å²) < 4.78 is 33.7. The van der Waals surface area contributed by atoms with E-state index in [1.807, 2.05) is 25.1 Å². The third kappa shape index (κ3) is 3.05. The number of hydrogen-bond acceptors (Lipinski definition) is 3. The molecule has 158 valence electrons. The van der Waals surface area contributed by atoms with Crippen molar-refractivity contribution in [2.24, 2.45) is 5.92 Å². The minimum absolute atomic E-state index is 0.0487. The third-order valence-corrected chi connectivity index (χ3v) is 7.35. The summed E-state index contributed by atoms with van der Waals surface area (Å²) in [4.78, 5) is 19.1. The van der Waals surface area contributed by atoms with E-state index in [4.69, 9.17) is 4.74 Å². The maximum absolute atomic E-state index is 14.7. The number of rotatable bonds is 6. The van der Waals surface area contributed by atoms with Gasteiger partial charge in [0.05, 0.1) is 30.8 Å². The quantitative estimate of drug-likeness (QED) is 0.730. The highest BCUT2D eigenvalue weighted by Gasteiger charge is 2.65. The Labute approximate surface area is 170 Å². The van der Waals surface area contributed by atoms with Crippen molar-refractivity contribution < 1.29 is 18.3 Å². The molecule has 2 aliphatic carbocycles. The van der Waals surface area contributed by atoms with E-state index in [-0.39, 0.29) is 42.7 Å². The van der Waals surface area contributed by atoms with E-state index in [1.54, 1.807) is 17.0 Å². The fraction of sp³-hybridized carbons (Fsp3) is 0.682. The molecule has 5 rings (SSSR count). The molecule has 0 N–H and O–H groups in total. The summed E-state index contributed by atoms with van der Waals surface area (Å²) in [6, 6.07) is 6.74. The second kappa shape index (κ2) is 6.38. The first-order valence-electron chi connectivity index (χ1n) is 10.5. The van der Waals surface area contributed by atoms with Gasteiger partial charge >= 0.3 is 6.03 Å². The Kier molecular flexibility index (Phi) is 4.24. The van der Waals surface area contributed by atoms with E-state index in [0.29, 0.717) is 12.5 Å². The van der Waals surface area contributed by atoms with E-state index >= 15 is 0 Å². The van der Waals surface area contributed by atoms with Crippen LogP contribution in [-0.2, 0) is 10.3 Å². The fourth-order valence-electron chi connectivity index (χ4n) is 5.49. The fourth-order valence-corrected chi connectivity index (χ4v) is 5.49. The zero-order chi connectivity index (χ0) is 20.4. The lowest BCUT2D eigenvalue weighted by Crippen LogP contribution is -2.67. The van der Waals surface area contributed by atoms with Gasteiger partial charge in [0.15, 0.2) is 5.67 Å². The molecule has 0 bridgehead atoms. The van der Waals surface area contributed by atoms with Gasteiger partial charge < -0.3 is 14.5 Å². The summed E-state index contributed by atoms with van der Waals surface area (Å²) >= 11 is 0. The predicted octanol–water partition coefficient (Wildman–Crippen LogP) is 3.00. The van der Waals surface area contributed by atoms with E-state index < -0.39 is 5.67 Å². The van der Waals surface area contributed by atoms with Crippen molar-refractivity contribution in [3.05, 3.63) is 35.6 Å². The highest BCUT2D eigenvalue weighted by Crippen LogP contribution is 2.57. The number of hydrogen-bond donors (Lipinski definition) is 0.